The SMILES string of the molecule is CC#CCCn1cc(Br)ccc1=O. The number of halogens is 1. The molecule has 0 saturated heterocycles. The highest BCUT2D eigenvalue weighted by atomic mass is 79.9. The quantitative estimate of drug-likeness (QED) is 0.725. The van der Waals surface area contributed by atoms with Crippen LogP contribution >= 0.6 is 15.9 Å². The van der Waals surface area contributed by atoms with Gasteiger partial charge in [-0.15, -0.1) is 11.8 Å². The summed E-state index contributed by atoms with van der Waals surface area (Å²) in [6.45, 7) is 2.45. The number of nitrogens with zero attached hydrogens (tertiary/aromatic N) is 1. The van der Waals surface area contributed by atoms with Crippen LogP contribution in [0, 0.1) is 11.8 Å². The fourth-order valence-electron chi connectivity index (χ4n) is 0.978. The molecule has 1 heterocycles. The molecule has 68 valence electrons. The standard InChI is InChI=1S/C10H10BrNO/c1-2-3-4-7-12-8-9(11)5-6-10(12)13/h5-6,8H,4,7H2,1H3. The lowest BCUT2D eigenvalue weighted by atomic mass is 10.4. The minimum absolute atomic E-state index is 0.0149. The average molecular weight is 240 g/mol. The van der Waals surface area contributed by atoms with Crippen LogP contribution < -0.4 is 5.56 Å². The molecule has 0 aliphatic rings. The van der Waals surface area contributed by atoms with Crippen molar-refractivity contribution in [2.45, 2.75) is 19.9 Å². The molecule has 0 amide bonds. The molecule has 0 aromatic carbocycles. The zero-order valence-electron chi connectivity index (χ0n) is 7.38. The Morgan fingerprint density at radius 3 is 3.00 bits per heavy atom. The van der Waals surface area contributed by atoms with Gasteiger partial charge in [0.25, 0.3) is 5.56 Å². The largest absolute Gasteiger partial charge is 0.313 e. The van der Waals surface area contributed by atoms with E-state index in [4.69, 9.17) is 0 Å². The lowest BCUT2D eigenvalue weighted by Crippen LogP contribution is -2.17. The van der Waals surface area contributed by atoms with Gasteiger partial charge in [0.15, 0.2) is 0 Å². The van der Waals surface area contributed by atoms with Gasteiger partial charge in [-0.05, 0) is 28.9 Å². The highest BCUT2D eigenvalue weighted by molar-refractivity contribution is 9.10. The molecule has 0 bridgehead atoms. The third-order valence-electron chi connectivity index (χ3n) is 1.60. The highest BCUT2D eigenvalue weighted by Gasteiger charge is 1.94. The zero-order valence-corrected chi connectivity index (χ0v) is 8.97. The van der Waals surface area contributed by atoms with Crippen LogP contribution in [0.4, 0.5) is 0 Å². The van der Waals surface area contributed by atoms with Gasteiger partial charge < -0.3 is 4.57 Å². The number of pyridine rings is 1. The van der Waals surface area contributed by atoms with Gasteiger partial charge in [0.2, 0.25) is 0 Å². The molecular weight excluding hydrogens is 230 g/mol. The Morgan fingerprint density at radius 2 is 2.31 bits per heavy atom. The maximum atomic E-state index is 11.3. The number of aryl methyl sites for hydroxylation is 1. The van der Waals surface area contributed by atoms with Gasteiger partial charge in [-0.2, -0.15) is 0 Å². The van der Waals surface area contributed by atoms with Crippen LogP contribution in [-0.2, 0) is 6.54 Å². The summed E-state index contributed by atoms with van der Waals surface area (Å²) in [6.07, 6.45) is 2.49. The Morgan fingerprint density at radius 1 is 1.54 bits per heavy atom. The van der Waals surface area contributed by atoms with Crippen molar-refractivity contribution in [2.75, 3.05) is 0 Å². The van der Waals surface area contributed by atoms with E-state index in [1.807, 2.05) is 0 Å². The van der Waals surface area contributed by atoms with Crippen molar-refractivity contribution in [1.29, 1.82) is 0 Å². The topological polar surface area (TPSA) is 22.0 Å². The Kier molecular flexibility index (Phi) is 3.78. The van der Waals surface area contributed by atoms with Gasteiger partial charge in [-0.1, -0.05) is 0 Å². The molecule has 3 heteroatoms. The van der Waals surface area contributed by atoms with Crippen LogP contribution in [0.1, 0.15) is 13.3 Å². The van der Waals surface area contributed by atoms with E-state index >= 15 is 0 Å². The summed E-state index contributed by atoms with van der Waals surface area (Å²) in [6, 6.07) is 3.29. The third kappa shape index (κ3) is 3.08. The van der Waals surface area contributed by atoms with E-state index in [0.29, 0.717) is 13.0 Å². The summed E-state index contributed by atoms with van der Waals surface area (Å²) in [7, 11) is 0. The minimum atomic E-state index is 0.0149. The molecule has 0 N–H and O–H groups in total. The first-order valence-corrected chi connectivity index (χ1v) is 4.79. The predicted molar refractivity (Wildman–Crippen MR) is 56.5 cm³/mol. The molecule has 0 aliphatic heterocycles. The molecular formula is C10H10BrNO. The maximum absolute atomic E-state index is 11.3. The highest BCUT2D eigenvalue weighted by Crippen LogP contribution is 2.04. The van der Waals surface area contributed by atoms with E-state index in [0.717, 1.165) is 4.47 Å². The first-order chi connectivity index (χ1) is 6.24. The number of hydrogen-bond acceptors (Lipinski definition) is 1. The van der Waals surface area contributed by atoms with Gasteiger partial charge in [0.05, 0.1) is 0 Å². The van der Waals surface area contributed by atoms with E-state index in [-0.39, 0.29) is 5.56 Å². The summed E-state index contributed by atoms with van der Waals surface area (Å²) < 4.78 is 2.56. The lowest BCUT2D eigenvalue weighted by molar-refractivity contribution is 0.687. The molecule has 1 rings (SSSR count). The van der Waals surface area contributed by atoms with Crippen molar-refractivity contribution >= 4 is 15.9 Å². The van der Waals surface area contributed by atoms with Gasteiger partial charge in [0, 0.05) is 29.7 Å². The maximum Gasteiger partial charge on any atom is 0.250 e. The Hall–Kier alpha value is -1.01. The van der Waals surface area contributed by atoms with Gasteiger partial charge in [-0.3, -0.25) is 4.79 Å². The zero-order chi connectivity index (χ0) is 9.68. The molecule has 0 fully saturated rings. The van der Waals surface area contributed by atoms with Gasteiger partial charge in [-0.25, -0.2) is 0 Å². The number of rotatable bonds is 2. The Labute approximate surface area is 85.7 Å². The predicted octanol–water partition coefficient (Wildman–Crippen LogP) is 2.02. The summed E-state index contributed by atoms with van der Waals surface area (Å²) in [5.74, 6) is 5.71. The van der Waals surface area contributed by atoms with Gasteiger partial charge in [0.1, 0.15) is 0 Å². The van der Waals surface area contributed by atoms with E-state index in [1.54, 1.807) is 29.8 Å². The first kappa shape index (κ1) is 10.1. The van der Waals surface area contributed by atoms with Crippen LogP contribution in [0.2, 0.25) is 0 Å². The van der Waals surface area contributed by atoms with Crippen LogP contribution in [0.5, 0.6) is 0 Å². The third-order valence-corrected chi connectivity index (χ3v) is 2.07. The van der Waals surface area contributed by atoms with Crippen LogP contribution in [-0.4, -0.2) is 4.57 Å². The summed E-state index contributed by atoms with van der Waals surface area (Å²) in [5.41, 5.74) is 0.0149. The Bertz CT molecular complexity index is 397. The molecule has 2 nitrogen and oxygen atoms in total. The van der Waals surface area contributed by atoms with Crippen molar-refractivity contribution < 1.29 is 0 Å². The fraction of sp³-hybridized carbons (Fsp3) is 0.300. The second kappa shape index (κ2) is 4.88. The van der Waals surface area contributed by atoms with Crippen molar-refractivity contribution in [2.24, 2.45) is 0 Å². The molecule has 0 aliphatic carbocycles. The van der Waals surface area contributed by atoms with Crippen molar-refractivity contribution in [3.8, 4) is 11.8 Å². The monoisotopic (exact) mass is 239 g/mol. The molecule has 13 heavy (non-hydrogen) atoms. The molecule has 0 unspecified atom stereocenters. The smallest absolute Gasteiger partial charge is 0.250 e. The van der Waals surface area contributed by atoms with E-state index in [2.05, 4.69) is 27.8 Å². The molecule has 0 radical (unpaired) electrons. The average Bonchev–Trinajstić information content (AvgIpc) is 2.11. The van der Waals surface area contributed by atoms with Crippen LogP contribution in [0.25, 0.3) is 0 Å². The summed E-state index contributed by atoms with van der Waals surface area (Å²) >= 11 is 3.31. The first-order valence-electron chi connectivity index (χ1n) is 3.99. The van der Waals surface area contributed by atoms with Gasteiger partial charge >= 0.3 is 0 Å². The molecule has 0 atom stereocenters. The lowest BCUT2D eigenvalue weighted by Gasteiger charge is -2.01. The second-order valence-electron chi connectivity index (χ2n) is 2.56. The molecule has 1 aromatic heterocycles. The number of aromatic nitrogens is 1. The fourth-order valence-corrected chi connectivity index (χ4v) is 1.36. The normalized spacial score (nSPS) is 9.08. The van der Waals surface area contributed by atoms with Crippen molar-refractivity contribution in [3.63, 3.8) is 0 Å². The van der Waals surface area contributed by atoms with E-state index < -0.39 is 0 Å². The summed E-state index contributed by atoms with van der Waals surface area (Å²) in [4.78, 5) is 11.3. The molecule has 0 saturated carbocycles. The number of hydrogen-bond donors (Lipinski definition) is 0. The molecule has 1 aromatic rings. The van der Waals surface area contributed by atoms with E-state index in [1.165, 1.54) is 0 Å². The van der Waals surface area contributed by atoms with Crippen molar-refractivity contribution in [3.05, 3.63) is 33.2 Å². The van der Waals surface area contributed by atoms with E-state index in [9.17, 15) is 4.79 Å². The summed E-state index contributed by atoms with van der Waals surface area (Å²) in [5, 5.41) is 0. The van der Waals surface area contributed by atoms with Crippen molar-refractivity contribution in [1.82, 2.24) is 4.57 Å². The Balaban J connectivity index is 2.79. The van der Waals surface area contributed by atoms with Crippen LogP contribution in [0.15, 0.2) is 27.6 Å². The minimum Gasteiger partial charge on any atom is -0.313 e. The molecule has 0 spiro atoms. The van der Waals surface area contributed by atoms with Crippen LogP contribution in [0.3, 0.4) is 0 Å². The second-order valence-corrected chi connectivity index (χ2v) is 3.47.